The summed E-state index contributed by atoms with van der Waals surface area (Å²) in [5.74, 6) is 1.20. The standard InChI is InChI=1S/C18H20N2O3/c1-13-6-4-5-7-17(13)23-12-18(21)20-19-11-15-8-9-16(22-3)14(2)10-15/h4-11H,12H2,1-3H3,(H,20,21)/b19-11+. The Kier molecular flexibility index (Phi) is 5.74. The van der Waals surface area contributed by atoms with E-state index in [-0.39, 0.29) is 12.5 Å². The molecule has 2 aromatic rings. The van der Waals surface area contributed by atoms with E-state index in [1.165, 1.54) is 0 Å². The van der Waals surface area contributed by atoms with Gasteiger partial charge in [-0.2, -0.15) is 5.10 Å². The summed E-state index contributed by atoms with van der Waals surface area (Å²) in [6.45, 7) is 3.80. The Morgan fingerprint density at radius 1 is 1.13 bits per heavy atom. The van der Waals surface area contributed by atoms with E-state index < -0.39 is 0 Å². The molecule has 0 radical (unpaired) electrons. The summed E-state index contributed by atoms with van der Waals surface area (Å²) in [5, 5.41) is 3.93. The fourth-order valence-corrected chi connectivity index (χ4v) is 2.05. The second-order valence-electron chi connectivity index (χ2n) is 5.08. The van der Waals surface area contributed by atoms with Crippen LogP contribution in [0.4, 0.5) is 0 Å². The van der Waals surface area contributed by atoms with Gasteiger partial charge in [0, 0.05) is 0 Å². The maximum atomic E-state index is 11.7. The summed E-state index contributed by atoms with van der Waals surface area (Å²) in [7, 11) is 1.63. The second kappa shape index (κ2) is 7.98. The number of hydrogen-bond acceptors (Lipinski definition) is 4. The Bertz CT molecular complexity index is 711. The van der Waals surface area contributed by atoms with Crippen molar-refractivity contribution in [2.24, 2.45) is 5.10 Å². The van der Waals surface area contributed by atoms with E-state index >= 15 is 0 Å². The highest BCUT2D eigenvalue weighted by Gasteiger charge is 2.03. The molecule has 5 heteroatoms. The third-order valence-corrected chi connectivity index (χ3v) is 3.27. The van der Waals surface area contributed by atoms with Crippen molar-refractivity contribution in [3.05, 3.63) is 59.2 Å². The molecule has 0 aliphatic rings. The number of amides is 1. The van der Waals surface area contributed by atoms with Gasteiger partial charge in [0.25, 0.3) is 5.91 Å². The van der Waals surface area contributed by atoms with E-state index in [9.17, 15) is 4.79 Å². The van der Waals surface area contributed by atoms with Crippen molar-refractivity contribution in [2.45, 2.75) is 13.8 Å². The molecule has 0 aliphatic heterocycles. The summed E-state index contributed by atoms with van der Waals surface area (Å²) in [6, 6.07) is 13.2. The van der Waals surface area contributed by atoms with Gasteiger partial charge in [-0.15, -0.1) is 0 Å². The SMILES string of the molecule is COc1ccc(/C=N/NC(=O)COc2ccccc2C)cc1C. The second-order valence-corrected chi connectivity index (χ2v) is 5.08. The summed E-state index contributed by atoms with van der Waals surface area (Å²) in [4.78, 5) is 11.7. The third-order valence-electron chi connectivity index (χ3n) is 3.27. The molecule has 0 bridgehead atoms. The molecule has 0 fully saturated rings. The molecule has 0 aromatic heterocycles. The summed E-state index contributed by atoms with van der Waals surface area (Å²) in [6.07, 6.45) is 1.58. The van der Waals surface area contributed by atoms with Crippen LogP contribution in [0.2, 0.25) is 0 Å². The van der Waals surface area contributed by atoms with E-state index in [1.807, 2.05) is 56.3 Å². The highest BCUT2D eigenvalue weighted by atomic mass is 16.5. The predicted molar refractivity (Wildman–Crippen MR) is 90.1 cm³/mol. The van der Waals surface area contributed by atoms with Crippen LogP contribution < -0.4 is 14.9 Å². The summed E-state index contributed by atoms with van der Waals surface area (Å²) < 4.78 is 10.6. The van der Waals surface area contributed by atoms with Crippen LogP contribution >= 0.6 is 0 Å². The molecule has 23 heavy (non-hydrogen) atoms. The summed E-state index contributed by atoms with van der Waals surface area (Å²) >= 11 is 0. The minimum Gasteiger partial charge on any atom is -0.496 e. The molecular formula is C18H20N2O3. The fraction of sp³-hybridized carbons (Fsp3) is 0.222. The van der Waals surface area contributed by atoms with Crippen molar-refractivity contribution in [1.82, 2.24) is 5.43 Å². The number of para-hydroxylation sites is 1. The first-order valence-corrected chi connectivity index (χ1v) is 7.25. The quantitative estimate of drug-likeness (QED) is 0.659. The largest absolute Gasteiger partial charge is 0.496 e. The molecule has 0 heterocycles. The minimum absolute atomic E-state index is 0.0795. The lowest BCUT2D eigenvalue weighted by molar-refractivity contribution is -0.123. The van der Waals surface area contributed by atoms with Crippen LogP contribution in [0.1, 0.15) is 16.7 Å². The zero-order valence-electron chi connectivity index (χ0n) is 13.5. The average molecular weight is 312 g/mol. The lowest BCUT2D eigenvalue weighted by Crippen LogP contribution is -2.24. The van der Waals surface area contributed by atoms with Crippen LogP contribution in [-0.2, 0) is 4.79 Å². The van der Waals surface area contributed by atoms with Crippen molar-refractivity contribution in [1.29, 1.82) is 0 Å². The highest BCUT2D eigenvalue weighted by Crippen LogP contribution is 2.17. The van der Waals surface area contributed by atoms with Gasteiger partial charge in [0.1, 0.15) is 11.5 Å². The van der Waals surface area contributed by atoms with Crippen LogP contribution in [-0.4, -0.2) is 25.8 Å². The third kappa shape index (κ3) is 4.85. The van der Waals surface area contributed by atoms with E-state index in [2.05, 4.69) is 10.5 Å². The first-order valence-electron chi connectivity index (χ1n) is 7.25. The number of carbonyl (C=O) groups is 1. The van der Waals surface area contributed by atoms with Crippen LogP contribution in [0.25, 0.3) is 0 Å². The molecule has 0 saturated carbocycles. The molecule has 0 unspecified atom stereocenters. The van der Waals surface area contributed by atoms with Gasteiger partial charge >= 0.3 is 0 Å². The smallest absolute Gasteiger partial charge is 0.277 e. The number of benzene rings is 2. The highest BCUT2D eigenvalue weighted by molar-refractivity contribution is 5.83. The first-order chi connectivity index (χ1) is 11.1. The number of rotatable bonds is 6. The van der Waals surface area contributed by atoms with Crippen molar-refractivity contribution < 1.29 is 14.3 Å². The number of hydrogen-bond donors (Lipinski definition) is 1. The van der Waals surface area contributed by atoms with Gasteiger partial charge in [-0.3, -0.25) is 4.79 Å². The molecule has 5 nitrogen and oxygen atoms in total. The topological polar surface area (TPSA) is 59.9 Å². The maximum absolute atomic E-state index is 11.7. The van der Waals surface area contributed by atoms with Crippen LogP contribution in [0.15, 0.2) is 47.6 Å². The summed E-state index contributed by atoms with van der Waals surface area (Å²) in [5.41, 5.74) is 5.31. The number of nitrogens with one attached hydrogen (secondary N) is 1. The van der Waals surface area contributed by atoms with Crippen LogP contribution in [0.3, 0.4) is 0 Å². The molecule has 2 aromatic carbocycles. The molecule has 1 N–H and O–H groups in total. The number of ether oxygens (including phenoxy) is 2. The molecule has 0 spiro atoms. The van der Waals surface area contributed by atoms with Gasteiger partial charge < -0.3 is 9.47 Å². The lowest BCUT2D eigenvalue weighted by Gasteiger charge is -2.07. The van der Waals surface area contributed by atoms with Gasteiger partial charge in [0.05, 0.1) is 13.3 Å². The van der Waals surface area contributed by atoms with Crippen molar-refractivity contribution >= 4 is 12.1 Å². The van der Waals surface area contributed by atoms with Gasteiger partial charge in [-0.05, 0) is 54.8 Å². The first kappa shape index (κ1) is 16.5. The Morgan fingerprint density at radius 3 is 2.61 bits per heavy atom. The minimum atomic E-state index is -0.310. The van der Waals surface area contributed by atoms with Crippen molar-refractivity contribution in [3.63, 3.8) is 0 Å². The van der Waals surface area contributed by atoms with Crippen molar-refractivity contribution in [2.75, 3.05) is 13.7 Å². The van der Waals surface area contributed by atoms with E-state index in [1.54, 1.807) is 13.3 Å². The number of nitrogens with zero attached hydrogens (tertiary/aromatic N) is 1. The van der Waals surface area contributed by atoms with Gasteiger partial charge in [0.2, 0.25) is 0 Å². The molecule has 2 rings (SSSR count). The normalized spacial score (nSPS) is 10.6. The number of carbonyl (C=O) groups excluding carboxylic acids is 1. The number of aryl methyl sites for hydroxylation is 2. The van der Waals surface area contributed by atoms with Crippen LogP contribution in [0, 0.1) is 13.8 Å². The number of hydrazone groups is 1. The number of methoxy groups -OCH3 is 1. The Morgan fingerprint density at radius 2 is 1.91 bits per heavy atom. The molecule has 0 atom stereocenters. The monoisotopic (exact) mass is 312 g/mol. The Hall–Kier alpha value is -2.82. The average Bonchev–Trinajstić information content (AvgIpc) is 2.54. The van der Waals surface area contributed by atoms with E-state index in [0.717, 1.165) is 22.4 Å². The molecular weight excluding hydrogens is 292 g/mol. The van der Waals surface area contributed by atoms with E-state index in [0.29, 0.717) is 5.75 Å². The Balaban J connectivity index is 1.84. The molecule has 0 saturated heterocycles. The lowest BCUT2D eigenvalue weighted by atomic mass is 10.1. The molecule has 120 valence electrons. The molecule has 1 amide bonds. The van der Waals surface area contributed by atoms with Gasteiger partial charge in [-0.25, -0.2) is 5.43 Å². The molecule has 0 aliphatic carbocycles. The zero-order chi connectivity index (χ0) is 16.7. The maximum Gasteiger partial charge on any atom is 0.277 e. The predicted octanol–water partition coefficient (Wildman–Crippen LogP) is 2.84. The Labute approximate surface area is 135 Å². The van der Waals surface area contributed by atoms with Crippen LogP contribution in [0.5, 0.6) is 11.5 Å². The fourth-order valence-electron chi connectivity index (χ4n) is 2.05. The van der Waals surface area contributed by atoms with Gasteiger partial charge in [-0.1, -0.05) is 18.2 Å². The van der Waals surface area contributed by atoms with Crippen molar-refractivity contribution in [3.8, 4) is 11.5 Å². The van der Waals surface area contributed by atoms with E-state index in [4.69, 9.17) is 9.47 Å². The van der Waals surface area contributed by atoms with Gasteiger partial charge in [0.15, 0.2) is 6.61 Å². The zero-order valence-corrected chi connectivity index (χ0v) is 13.5.